The van der Waals surface area contributed by atoms with Crippen LogP contribution in [-0.2, 0) is 6.54 Å². The molecule has 1 heterocycles. The molecule has 0 bridgehead atoms. The van der Waals surface area contributed by atoms with Crippen molar-refractivity contribution < 1.29 is 4.79 Å². The smallest absolute Gasteiger partial charge is 0.272 e. The molecule has 0 unspecified atom stereocenters. The molecule has 1 amide bonds. The van der Waals surface area contributed by atoms with Crippen LogP contribution in [0.1, 0.15) is 53.7 Å². The SMILES string of the molecule is Cc1ccccc1CNC(=O)c1ccc(NCCC2=CCCCC2)nn1. The second kappa shape index (κ2) is 9.13. The van der Waals surface area contributed by atoms with Crippen molar-refractivity contribution in [2.24, 2.45) is 0 Å². The predicted molar refractivity (Wildman–Crippen MR) is 104 cm³/mol. The fraction of sp³-hybridized carbons (Fsp3) is 0.381. The molecule has 3 rings (SSSR count). The zero-order chi connectivity index (χ0) is 18.2. The molecular formula is C21H26N4O. The molecule has 0 radical (unpaired) electrons. The Hall–Kier alpha value is -2.69. The van der Waals surface area contributed by atoms with Crippen molar-refractivity contribution in [3.05, 3.63) is 64.9 Å². The highest BCUT2D eigenvalue weighted by molar-refractivity contribution is 5.92. The van der Waals surface area contributed by atoms with Crippen molar-refractivity contribution in [1.29, 1.82) is 0 Å². The monoisotopic (exact) mass is 350 g/mol. The van der Waals surface area contributed by atoms with Crippen LogP contribution in [0.5, 0.6) is 0 Å². The van der Waals surface area contributed by atoms with Crippen LogP contribution in [0, 0.1) is 6.92 Å². The van der Waals surface area contributed by atoms with Crippen molar-refractivity contribution in [3.8, 4) is 0 Å². The predicted octanol–water partition coefficient (Wildman–Crippen LogP) is 4.02. The molecule has 0 atom stereocenters. The fourth-order valence-electron chi connectivity index (χ4n) is 3.10. The second-order valence-electron chi connectivity index (χ2n) is 6.70. The highest BCUT2D eigenvalue weighted by atomic mass is 16.1. The fourth-order valence-corrected chi connectivity index (χ4v) is 3.10. The molecule has 5 heteroatoms. The van der Waals surface area contributed by atoms with E-state index in [4.69, 9.17) is 0 Å². The van der Waals surface area contributed by atoms with Crippen LogP contribution in [0.2, 0.25) is 0 Å². The standard InChI is InChI=1S/C21H26N4O/c1-16-7-5-6-10-18(16)15-23-21(26)19-11-12-20(25-24-19)22-14-13-17-8-3-2-4-9-17/h5-8,10-12H,2-4,9,13-15H2,1H3,(H,22,25)(H,23,26). The number of nitrogens with zero attached hydrogens (tertiary/aromatic N) is 2. The van der Waals surface area contributed by atoms with Crippen molar-refractivity contribution in [2.45, 2.75) is 45.6 Å². The van der Waals surface area contributed by atoms with Crippen LogP contribution < -0.4 is 10.6 Å². The molecule has 0 saturated carbocycles. The summed E-state index contributed by atoms with van der Waals surface area (Å²) in [6.45, 7) is 3.37. The first-order chi connectivity index (χ1) is 12.7. The van der Waals surface area contributed by atoms with Gasteiger partial charge in [0.25, 0.3) is 5.91 Å². The summed E-state index contributed by atoms with van der Waals surface area (Å²) in [7, 11) is 0. The van der Waals surface area contributed by atoms with Crippen LogP contribution in [-0.4, -0.2) is 22.6 Å². The van der Waals surface area contributed by atoms with Crippen molar-refractivity contribution in [1.82, 2.24) is 15.5 Å². The van der Waals surface area contributed by atoms with E-state index in [0.717, 1.165) is 24.1 Å². The molecule has 0 aliphatic heterocycles. The van der Waals surface area contributed by atoms with E-state index in [1.807, 2.05) is 37.3 Å². The average molecular weight is 350 g/mol. The van der Waals surface area contributed by atoms with E-state index in [1.54, 1.807) is 6.07 Å². The first-order valence-corrected chi connectivity index (χ1v) is 9.30. The lowest BCUT2D eigenvalue weighted by atomic mass is 9.97. The number of carbonyl (C=O) groups is 1. The van der Waals surface area contributed by atoms with E-state index in [2.05, 4.69) is 26.9 Å². The largest absolute Gasteiger partial charge is 0.368 e. The quantitative estimate of drug-likeness (QED) is 0.740. The number of carbonyl (C=O) groups excluding carboxylic acids is 1. The summed E-state index contributed by atoms with van der Waals surface area (Å²) in [6.07, 6.45) is 8.45. The molecule has 0 saturated heterocycles. The summed E-state index contributed by atoms with van der Waals surface area (Å²) in [4.78, 5) is 12.2. The van der Waals surface area contributed by atoms with Crippen molar-refractivity contribution in [3.63, 3.8) is 0 Å². The van der Waals surface area contributed by atoms with Gasteiger partial charge in [-0.15, -0.1) is 10.2 Å². The first-order valence-electron chi connectivity index (χ1n) is 9.30. The zero-order valence-electron chi connectivity index (χ0n) is 15.3. The number of hydrogen-bond donors (Lipinski definition) is 2. The van der Waals surface area contributed by atoms with Gasteiger partial charge < -0.3 is 10.6 Å². The van der Waals surface area contributed by atoms with Gasteiger partial charge in [0, 0.05) is 13.1 Å². The molecule has 1 aliphatic carbocycles. The Labute approximate surface area is 154 Å². The summed E-state index contributed by atoms with van der Waals surface area (Å²) < 4.78 is 0. The molecule has 5 nitrogen and oxygen atoms in total. The van der Waals surface area contributed by atoms with Crippen molar-refractivity contribution >= 4 is 11.7 Å². The number of allylic oxidation sites excluding steroid dienone is 1. The summed E-state index contributed by atoms with van der Waals surface area (Å²) in [6, 6.07) is 11.5. The van der Waals surface area contributed by atoms with E-state index in [-0.39, 0.29) is 5.91 Å². The van der Waals surface area contributed by atoms with Gasteiger partial charge in [-0.05, 0) is 62.3 Å². The van der Waals surface area contributed by atoms with Gasteiger partial charge >= 0.3 is 0 Å². The molecule has 0 spiro atoms. The van der Waals surface area contributed by atoms with Gasteiger partial charge in [0.15, 0.2) is 5.69 Å². The minimum Gasteiger partial charge on any atom is -0.368 e. The second-order valence-corrected chi connectivity index (χ2v) is 6.70. The number of aromatic nitrogens is 2. The lowest BCUT2D eigenvalue weighted by Crippen LogP contribution is -2.24. The molecule has 2 aromatic rings. The van der Waals surface area contributed by atoms with Crippen LogP contribution in [0.15, 0.2) is 48.0 Å². The van der Waals surface area contributed by atoms with Gasteiger partial charge in [-0.1, -0.05) is 35.9 Å². The van der Waals surface area contributed by atoms with Gasteiger partial charge in [0.1, 0.15) is 5.82 Å². The molecule has 1 aromatic carbocycles. The van der Waals surface area contributed by atoms with Gasteiger partial charge in [-0.3, -0.25) is 4.79 Å². The number of nitrogens with one attached hydrogen (secondary N) is 2. The highest BCUT2D eigenvalue weighted by Gasteiger charge is 2.09. The number of benzene rings is 1. The minimum absolute atomic E-state index is 0.209. The van der Waals surface area contributed by atoms with Gasteiger partial charge in [0.2, 0.25) is 0 Å². The van der Waals surface area contributed by atoms with Crippen LogP contribution in [0.4, 0.5) is 5.82 Å². The number of hydrogen-bond acceptors (Lipinski definition) is 4. The van der Waals surface area contributed by atoms with E-state index < -0.39 is 0 Å². The third-order valence-corrected chi connectivity index (χ3v) is 4.74. The third kappa shape index (κ3) is 5.15. The Bertz CT molecular complexity index is 768. The summed E-state index contributed by atoms with van der Waals surface area (Å²) >= 11 is 0. The number of amides is 1. The Morgan fingerprint density at radius 3 is 2.73 bits per heavy atom. The van der Waals surface area contributed by atoms with E-state index >= 15 is 0 Å². The molecule has 0 fully saturated rings. The molecule has 26 heavy (non-hydrogen) atoms. The summed E-state index contributed by atoms with van der Waals surface area (Å²) in [5.41, 5.74) is 4.12. The maximum atomic E-state index is 12.2. The Morgan fingerprint density at radius 2 is 2.00 bits per heavy atom. The van der Waals surface area contributed by atoms with Crippen LogP contribution in [0.3, 0.4) is 0 Å². The Kier molecular flexibility index (Phi) is 6.36. The maximum Gasteiger partial charge on any atom is 0.272 e. The summed E-state index contributed by atoms with van der Waals surface area (Å²) in [5.74, 6) is 0.497. The lowest BCUT2D eigenvalue weighted by Gasteiger charge is -2.13. The number of rotatable bonds is 7. The van der Waals surface area contributed by atoms with Crippen LogP contribution >= 0.6 is 0 Å². The van der Waals surface area contributed by atoms with E-state index in [1.165, 1.54) is 31.3 Å². The van der Waals surface area contributed by atoms with Crippen molar-refractivity contribution in [2.75, 3.05) is 11.9 Å². The third-order valence-electron chi connectivity index (χ3n) is 4.74. The normalized spacial score (nSPS) is 13.8. The van der Waals surface area contributed by atoms with Crippen LogP contribution in [0.25, 0.3) is 0 Å². The maximum absolute atomic E-state index is 12.2. The summed E-state index contributed by atoms with van der Waals surface area (Å²) in [5, 5.41) is 14.3. The number of aryl methyl sites for hydroxylation is 1. The Balaban J connectivity index is 1.46. The zero-order valence-corrected chi connectivity index (χ0v) is 15.3. The van der Waals surface area contributed by atoms with Gasteiger partial charge in [-0.2, -0.15) is 0 Å². The number of anilines is 1. The molecule has 2 N–H and O–H groups in total. The van der Waals surface area contributed by atoms with E-state index in [9.17, 15) is 4.79 Å². The topological polar surface area (TPSA) is 66.9 Å². The Morgan fingerprint density at radius 1 is 1.12 bits per heavy atom. The molecule has 1 aromatic heterocycles. The average Bonchev–Trinajstić information content (AvgIpc) is 2.68. The lowest BCUT2D eigenvalue weighted by molar-refractivity contribution is 0.0945. The molecule has 1 aliphatic rings. The highest BCUT2D eigenvalue weighted by Crippen LogP contribution is 2.19. The van der Waals surface area contributed by atoms with Gasteiger partial charge in [0.05, 0.1) is 0 Å². The first kappa shape index (κ1) is 18.1. The molecule has 136 valence electrons. The molecular weight excluding hydrogens is 324 g/mol. The van der Waals surface area contributed by atoms with Gasteiger partial charge in [-0.25, -0.2) is 0 Å². The minimum atomic E-state index is -0.209. The van der Waals surface area contributed by atoms with E-state index in [0.29, 0.717) is 18.1 Å².